The Balaban J connectivity index is 1.35. The molecule has 1 aliphatic heterocycles. The Labute approximate surface area is 280 Å². The van der Waals surface area contributed by atoms with Crippen molar-refractivity contribution < 1.29 is 28.2 Å². The van der Waals surface area contributed by atoms with Gasteiger partial charge >= 0.3 is 5.97 Å². The molecule has 1 aliphatic rings. The molecule has 4 heterocycles. The number of aryl methyl sites for hydroxylation is 2. The van der Waals surface area contributed by atoms with Crippen LogP contribution in [0.5, 0.6) is 11.5 Å². The van der Waals surface area contributed by atoms with Crippen LogP contribution in [0.3, 0.4) is 0 Å². The number of aliphatic carboxylic acids is 1. The molecule has 0 aliphatic carbocycles. The van der Waals surface area contributed by atoms with Crippen molar-refractivity contribution in [2.24, 2.45) is 7.05 Å². The van der Waals surface area contributed by atoms with E-state index in [1.54, 1.807) is 17.9 Å². The van der Waals surface area contributed by atoms with E-state index in [1.807, 2.05) is 44.2 Å². The highest BCUT2D eigenvalue weighted by atomic mass is 19.1. The number of carboxylic acid groups (broad SMARTS) is 1. The Bertz CT molecular complexity index is 2190. The van der Waals surface area contributed by atoms with Gasteiger partial charge in [-0.25, -0.2) is 23.1 Å². The van der Waals surface area contributed by atoms with Crippen molar-refractivity contribution in [1.82, 2.24) is 34.7 Å². The van der Waals surface area contributed by atoms with E-state index >= 15 is 8.78 Å². The van der Waals surface area contributed by atoms with E-state index in [-0.39, 0.29) is 42.5 Å². The number of halogens is 2. The number of benzene rings is 3. The Morgan fingerprint density at radius 1 is 1.12 bits per heavy atom. The van der Waals surface area contributed by atoms with Gasteiger partial charge in [0.1, 0.15) is 17.3 Å². The summed E-state index contributed by atoms with van der Waals surface area (Å²) in [6, 6.07) is 15.2. The first-order chi connectivity index (χ1) is 23.6. The molecule has 11 nitrogen and oxygen atoms in total. The van der Waals surface area contributed by atoms with E-state index in [2.05, 4.69) is 15.3 Å². The first kappa shape index (κ1) is 32.1. The molecule has 0 spiro atoms. The van der Waals surface area contributed by atoms with E-state index < -0.39 is 23.0 Å². The number of fused-ring (bicyclic) bond motifs is 10. The van der Waals surface area contributed by atoms with Gasteiger partial charge in [-0.2, -0.15) is 5.10 Å². The minimum absolute atomic E-state index is 0.00611. The van der Waals surface area contributed by atoms with Gasteiger partial charge in [-0.1, -0.05) is 29.5 Å². The predicted molar refractivity (Wildman–Crippen MR) is 176 cm³/mol. The van der Waals surface area contributed by atoms with E-state index in [1.165, 1.54) is 28.9 Å². The van der Waals surface area contributed by atoms with E-state index in [4.69, 9.17) is 19.6 Å². The number of aromatic amines is 1. The lowest BCUT2D eigenvalue weighted by Gasteiger charge is -2.28. The molecule has 13 heteroatoms. The van der Waals surface area contributed by atoms with Gasteiger partial charge in [0, 0.05) is 48.8 Å². The number of aromatic nitrogens is 7. The highest BCUT2D eigenvalue weighted by Gasteiger charge is 2.34. The Morgan fingerprint density at radius 2 is 1.98 bits per heavy atom. The zero-order valence-electron chi connectivity index (χ0n) is 27.3. The van der Waals surface area contributed by atoms with Gasteiger partial charge < -0.3 is 19.6 Å². The maximum atomic E-state index is 15.8. The van der Waals surface area contributed by atoms with Crippen LogP contribution in [0, 0.1) is 18.6 Å². The molecule has 1 unspecified atom stereocenters. The molecular formula is C36H35F2N7O4. The molecule has 7 rings (SSSR count). The van der Waals surface area contributed by atoms with Crippen molar-refractivity contribution in [3.8, 4) is 22.9 Å². The molecule has 0 amide bonds. The molecule has 1 atom stereocenters. The fourth-order valence-corrected chi connectivity index (χ4v) is 6.43. The first-order valence-electron chi connectivity index (χ1n) is 16.1. The quantitative estimate of drug-likeness (QED) is 0.215. The molecule has 0 radical (unpaired) electrons. The second-order valence-electron chi connectivity index (χ2n) is 12.6. The molecule has 3 aromatic heterocycles. The summed E-state index contributed by atoms with van der Waals surface area (Å²) in [5.41, 5.74) is 3.75. The molecule has 3 aromatic carbocycles. The second kappa shape index (κ2) is 12.9. The highest BCUT2D eigenvalue weighted by molar-refractivity contribution is 5.85. The summed E-state index contributed by atoms with van der Waals surface area (Å²) in [5.74, 6) is -1.06. The lowest BCUT2D eigenvalue weighted by atomic mass is 9.77. The monoisotopic (exact) mass is 667 g/mol. The SMILES string of the molecule is Cc1c2nnn1Cc1c(c(F)cc3[nH]ccc13)Oc1ccc(F)c(c1)-c1nc(nn1C)C(C)(c1cccc(CCC(=O)O)c1)CCCOC2. The average Bonchev–Trinajstić information content (AvgIpc) is 3.81. The Morgan fingerprint density at radius 3 is 2.82 bits per heavy atom. The van der Waals surface area contributed by atoms with Crippen LogP contribution in [0.4, 0.5) is 8.78 Å². The molecule has 6 aromatic rings. The zero-order chi connectivity index (χ0) is 34.3. The van der Waals surface area contributed by atoms with Crippen LogP contribution in [0.15, 0.2) is 60.8 Å². The number of carbonyl (C=O) groups is 1. The molecule has 2 N–H and O–H groups in total. The van der Waals surface area contributed by atoms with Gasteiger partial charge in [0.25, 0.3) is 0 Å². The van der Waals surface area contributed by atoms with Crippen LogP contribution in [0.25, 0.3) is 22.3 Å². The van der Waals surface area contributed by atoms with Gasteiger partial charge in [0.15, 0.2) is 23.2 Å². The fourth-order valence-electron chi connectivity index (χ4n) is 6.43. The van der Waals surface area contributed by atoms with Crippen LogP contribution in [-0.2, 0) is 41.6 Å². The number of H-pyrrole nitrogens is 1. The van der Waals surface area contributed by atoms with Crippen LogP contribution in [-0.4, -0.2) is 52.4 Å². The number of carboxylic acids is 1. The topological polar surface area (TPSA) is 133 Å². The molecule has 0 saturated heterocycles. The van der Waals surface area contributed by atoms with Crippen molar-refractivity contribution in [2.45, 2.75) is 58.1 Å². The summed E-state index contributed by atoms with van der Waals surface area (Å²) in [7, 11) is 1.70. The number of hydrogen-bond donors (Lipinski definition) is 2. The van der Waals surface area contributed by atoms with Gasteiger partial charge in [-0.15, -0.1) is 5.10 Å². The summed E-state index contributed by atoms with van der Waals surface area (Å²) in [4.78, 5) is 19.2. The van der Waals surface area contributed by atoms with Crippen molar-refractivity contribution in [3.05, 3.63) is 106 Å². The summed E-state index contributed by atoms with van der Waals surface area (Å²) < 4.78 is 46.9. The fraction of sp³-hybridized carbons (Fsp3) is 0.306. The minimum Gasteiger partial charge on any atom is -0.481 e. The number of hydrogen-bond acceptors (Lipinski definition) is 7. The van der Waals surface area contributed by atoms with Crippen LogP contribution >= 0.6 is 0 Å². The Kier molecular flexibility index (Phi) is 8.45. The summed E-state index contributed by atoms with van der Waals surface area (Å²) in [6.45, 7) is 4.72. The number of nitrogens with one attached hydrogen (secondary N) is 1. The van der Waals surface area contributed by atoms with Crippen LogP contribution < -0.4 is 4.74 Å². The summed E-state index contributed by atoms with van der Waals surface area (Å²) >= 11 is 0. The summed E-state index contributed by atoms with van der Waals surface area (Å²) in [6.07, 6.45) is 3.32. The molecule has 6 bridgehead atoms. The maximum absolute atomic E-state index is 15.8. The van der Waals surface area contributed by atoms with Gasteiger partial charge in [0.2, 0.25) is 0 Å². The number of ether oxygens (including phenoxy) is 2. The molecule has 0 saturated carbocycles. The predicted octanol–water partition coefficient (Wildman–Crippen LogP) is 6.62. The standard InChI is InChI=1S/C36H35F2N7O4/c1-21-31-20-48-15-5-13-36(2,23-7-4-6-22(16-23)8-11-32(46)47)35-40-34(44(3)42-35)26-17-24(9-10-28(26)37)49-33-27(19-45(21)43-41-31)25-12-14-39-30(25)18-29(33)38/h4,6-7,9-10,12,14,16-18,39H,5,8,11,13,15,19-20H2,1-3H3,(H,46,47). The normalized spacial score (nSPS) is 16.8. The lowest BCUT2D eigenvalue weighted by molar-refractivity contribution is -0.136. The molecule has 0 fully saturated rings. The van der Waals surface area contributed by atoms with Gasteiger partial charge in [-0.05, 0) is 68.5 Å². The van der Waals surface area contributed by atoms with E-state index in [9.17, 15) is 9.90 Å². The molecular weight excluding hydrogens is 632 g/mol. The van der Waals surface area contributed by atoms with E-state index in [0.29, 0.717) is 48.5 Å². The summed E-state index contributed by atoms with van der Waals surface area (Å²) in [5, 5.41) is 23.5. The number of rotatable bonds is 4. The van der Waals surface area contributed by atoms with Crippen molar-refractivity contribution in [3.63, 3.8) is 0 Å². The van der Waals surface area contributed by atoms with Crippen molar-refractivity contribution in [2.75, 3.05) is 6.61 Å². The van der Waals surface area contributed by atoms with E-state index in [0.717, 1.165) is 22.2 Å². The smallest absolute Gasteiger partial charge is 0.303 e. The third kappa shape index (κ3) is 6.17. The zero-order valence-corrected chi connectivity index (χ0v) is 27.3. The third-order valence-electron chi connectivity index (χ3n) is 9.30. The van der Waals surface area contributed by atoms with Gasteiger partial charge in [-0.3, -0.25) is 4.79 Å². The van der Waals surface area contributed by atoms with Crippen molar-refractivity contribution >= 4 is 16.9 Å². The first-order valence-corrected chi connectivity index (χ1v) is 16.1. The number of nitrogens with zero attached hydrogens (tertiary/aromatic N) is 6. The third-order valence-corrected chi connectivity index (χ3v) is 9.30. The highest BCUT2D eigenvalue weighted by Crippen LogP contribution is 2.39. The minimum atomic E-state index is -0.871. The average molecular weight is 668 g/mol. The molecule has 49 heavy (non-hydrogen) atoms. The van der Waals surface area contributed by atoms with Crippen molar-refractivity contribution in [1.29, 1.82) is 0 Å². The molecule has 252 valence electrons. The van der Waals surface area contributed by atoms with Gasteiger partial charge in [0.05, 0.1) is 29.8 Å². The largest absolute Gasteiger partial charge is 0.481 e. The van der Waals surface area contributed by atoms with Crippen LogP contribution in [0.2, 0.25) is 0 Å². The second-order valence-corrected chi connectivity index (χ2v) is 12.6. The Hall–Kier alpha value is -5.43. The maximum Gasteiger partial charge on any atom is 0.303 e. The van der Waals surface area contributed by atoms with Crippen LogP contribution in [0.1, 0.15) is 60.1 Å². The lowest BCUT2D eigenvalue weighted by Crippen LogP contribution is -2.26.